The quantitative estimate of drug-likeness (QED) is 0.854. The minimum absolute atomic E-state index is 0.750. The van der Waals surface area contributed by atoms with Gasteiger partial charge in [0.15, 0.2) is 0 Å². The Balaban J connectivity index is 1.96. The van der Waals surface area contributed by atoms with Gasteiger partial charge in [0.25, 0.3) is 0 Å². The molecule has 90 valence electrons. The SMILES string of the molecule is CCc1cnc(CNc2cncc(NC)c2)s1. The summed E-state index contributed by atoms with van der Waals surface area (Å²) in [5.74, 6) is 0. The van der Waals surface area contributed by atoms with Crippen LogP contribution in [0.1, 0.15) is 16.8 Å². The van der Waals surface area contributed by atoms with Crippen molar-refractivity contribution in [1.82, 2.24) is 9.97 Å². The van der Waals surface area contributed by atoms with Crippen molar-refractivity contribution in [2.45, 2.75) is 19.9 Å². The Bertz CT molecular complexity index is 481. The molecule has 0 bridgehead atoms. The normalized spacial score (nSPS) is 10.2. The number of anilines is 2. The molecular weight excluding hydrogens is 232 g/mol. The van der Waals surface area contributed by atoms with Crippen LogP contribution in [0.4, 0.5) is 11.4 Å². The maximum absolute atomic E-state index is 4.36. The van der Waals surface area contributed by atoms with E-state index >= 15 is 0 Å². The second-order valence-corrected chi connectivity index (χ2v) is 4.84. The van der Waals surface area contributed by atoms with Gasteiger partial charge >= 0.3 is 0 Å². The molecule has 2 aromatic heterocycles. The van der Waals surface area contributed by atoms with Gasteiger partial charge in [-0.2, -0.15) is 0 Å². The molecule has 17 heavy (non-hydrogen) atoms. The molecule has 4 nitrogen and oxygen atoms in total. The maximum atomic E-state index is 4.36. The number of hydrogen-bond donors (Lipinski definition) is 2. The van der Waals surface area contributed by atoms with Gasteiger partial charge in [0.1, 0.15) is 5.01 Å². The smallest absolute Gasteiger partial charge is 0.112 e. The molecule has 0 aromatic carbocycles. The molecule has 0 saturated heterocycles. The summed E-state index contributed by atoms with van der Waals surface area (Å²) < 4.78 is 0. The monoisotopic (exact) mass is 248 g/mol. The third kappa shape index (κ3) is 3.17. The lowest BCUT2D eigenvalue weighted by Gasteiger charge is -2.05. The lowest BCUT2D eigenvalue weighted by molar-refractivity contribution is 1.09. The summed E-state index contributed by atoms with van der Waals surface area (Å²) >= 11 is 1.75. The van der Waals surface area contributed by atoms with Gasteiger partial charge in [0.2, 0.25) is 0 Å². The van der Waals surface area contributed by atoms with Crippen molar-refractivity contribution in [2.75, 3.05) is 17.7 Å². The second kappa shape index (κ2) is 5.63. The average Bonchev–Trinajstić information content (AvgIpc) is 2.84. The summed E-state index contributed by atoms with van der Waals surface area (Å²) in [7, 11) is 1.88. The number of nitrogens with zero attached hydrogens (tertiary/aromatic N) is 2. The molecule has 0 amide bonds. The number of nitrogens with one attached hydrogen (secondary N) is 2. The summed E-state index contributed by atoms with van der Waals surface area (Å²) in [6.07, 6.45) is 6.61. The van der Waals surface area contributed by atoms with Crippen LogP contribution in [0.3, 0.4) is 0 Å². The van der Waals surface area contributed by atoms with Gasteiger partial charge in [-0.15, -0.1) is 11.3 Å². The Morgan fingerprint density at radius 1 is 1.24 bits per heavy atom. The Hall–Kier alpha value is -1.62. The zero-order valence-corrected chi connectivity index (χ0v) is 10.8. The Morgan fingerprint density at radius 2 is 2.06 bits per heavy atom. The van der Waals surface area contributed by atoms with Gasteiger partial charge in [-0.25, -0.2) is 4.98 Å². The largest absolute Gasteiger partial charge is 0.387 e. The third-order valence-electron chi connectivity index (χ3n) is 2.42. The number of aryl methyl sites for hydroxylation is 1. The molecule has 5 heteroatoms. The molecule has 0 unspecified atom stereocenters. The van der Waals surface area contributed by atoms with Gasteiger partial charge < -0.3 is 10.6 Å². The first kappa shape index (κ1) is 11.9. The molecule has 2 N–H and O–H groups in total. The van der Waals surface area contributed by atoms with Crippen molar-refractivity contribution in [2.24, 2.45) is 0 Å². The van der Waals surface area contributed by atoms with Crippen molar-refractivity contribution >= 4 is 22.7 Å². The Labute approximate surface area is 105 Å². The Kier molecular flexibility index (Phi) is 3.93. The number of thiazole rings is 1. The highest BCUT2D eigenvalue weighted by Crippen LogP contribution is 2.16. The second-order valence-electron chi connectivity index (χ2n) is 3.64. The van der Waals surface area contributed by atoms with E-state index in [0.29, 0.717) is 0 Å². The van der Waals surface area contributed by atoms with Gasteiger partial charge in [-0.3, -0.25) is 4.98 Å². The van der Waals surface area contributed by atoms with Crippen LogP contribution in [0.2, 0.25) is 0 Å². The lowest BCUT2D eigenvalue weighted by atomic mass is 10.3. The van der Waals surface area contributed by atoms with Crippen LogP contribution in [-0.4, -0.2) is 17.0 Å². The van der Waals surface area contributed by atoms with E-state index < -0.39 is 0 Å². The van der Waals surface area contributed by atoms with Gasteiger partial charge in [-0.05, 0) is 12.5 Å². The number of pyridine rings is 1. The highest BCUT2D eigenvalue weighted by Gasteiger charge is 2.01. The van der Waals surface area contributed by atoms with Gasteiger partial charge in [0.05, 0.1) is 30.3 Å². The minimum atomic E-state index is 0.750. The standard InChI is InChI=1S/C12H16N4S/c1-3-11-7-16-12(17-11)8-15-10-4-9(13-2)5-14-6-10/h4-7,13,15H,3,8H2,1-2H3. The van der Waals surface area contributed by atoms with Crippen LogP contribution in [0.15, 0.2) is 24.7 Å². The van der Waals surface area contributed by atoms with Crippen molar-refractivity contribution in [1.29, 1.82) is 0 Å². The van der Waals surface area contributed by atoms with Crippen LogP contribution in [-0.2, 0) is 13.0 Å². The molecule has 0 aliphatic rings. The van der Waals surface area contributed by atoms with E-state index in [1.807, 2.05) is 25.5 Å². The predicted octanol–water partition coefficient (Wildman–Crippen LogP) is 2.75. The van der Waals surface area contributed by atoms with Crippen molar-refractivity contribution < 1.29 is 0 Å². The molecular formula is C12H16N4S. The number of hydrogen-bond acceptors (Lipinski definition) is 5. The van der Waals surface area contributed by atoms with E-state index in [-0.39, 0.29) is 0 Å². The van der Waals surface area contributed by atoms with Crippen LogP contribution in [0.5, 0.6) is 0 Å². The van der Waals surface area contributed by atoms with Gasteiger partial charge in [-0.1, -0.05) is 6.92 Å². The predicted molar refractivity (Wildman–Crippen MR) is 72.6 cm³/mol. The van der Waals surface area contributed by atoms with E-state index in [0.717, 1.165) is 29.3 Å². The fourth-order valence-corrected chi connectivity index (χ4v) is 2.25. The highest BCUT2D eigenvalue weighted by atomic mass is 32.1. The van der Waals surface area contributed by atoms with Crippen LogP contribution in [0, 0.1) is 0 Å². The van der Waals surface area contributed by atoms with E-state index in [4.69, 9.17) is 0 Å². The van der Waals surface area contributed by atoms with Crippen LogP contribution in [0.25, 0.3) is 0 Å². The Morgan fingerprint density at radius 3 is 2.76 bits per heavy atom. The zero-order chi connectivity index (χ0) is 12.1. The zero-order valence-electron chi connectivity index (χ0n) is 10.0. The van der Waals surface area contributed by atoms with Gasteiger partial charge in [0, 0.05) is 18.1 Å². The molecule has 0 spiro atoms. The molecule has 0 radical (unpaired) electrons. The van der Waals surface area contributed by atoms with Crippen LogP contribution < -0.4 is 10.6 Å². The molecule has 2 aromatic rings. The minimum Gasteiger partial charge on any atom is -0.387 e. The molecule has 0 aliphatic heterocycles. The maximum Gasteiger partial charge on any atom is 0.112 e. The summed E-state index contributed by atoms with van der Waals surface area (Å²) in [5, 5.41) is 7.49. The summed E-state index contributed by atoms with van der Waals surface area (Å²) in [5.41, 5.74) is 2.01. The van der Waals surface area contributed by atoms with E-state index in [1.54, 1.807) is 17.5 Å². The molecule has 2 heterocycles. The lowest BCUT2D eigenvalue weighted by Crippen LogP contribution is -2.00. The fourth-order valence-electron chi connectivity index (χ4n) is 1.44. The van der Waals surface area contributed by atoms with E-state index in [2.05, 4.69) is 27.5 Å². The molecule has 0 atom stereocenters. The number of rotatable bonds is 5. The molecule has 0 saturated carbocycles. The fraction of sp³-hybridized carbons (Fsp3) is 0.333. The molecule has 0 aliphatic carbocycles. The van der Waals surface area contributed by atoms with Crippen molar-refractivity contribution in [3.8, 4) is 0 Å². The van der Waals surface area contributed by atoms with Crippen molar-refractivity contribution in [3.63, 3.8) is 0 Å². The van der Waals surface area contributed by atoms with E-state index in [9.17, 15) is 0 Å². The summed E-state index contributed by atoms with van der Waals surface area (Å²) in [4.78, 5) is 9.83. The van der Waals surface area contributed by atoms with Crippen LogP contribution >= 0.6 is 11.3 Å². The first-order chi connectivity index (χ1) is 8.31. The average molecular weight is 248 g/mol. The third-order valence-corrected chi connectivity index (χ3v) is 3.56. The summed E-state index contributed by atoms with van der Waals surface area (Å²) in [6.45, 7) is 2.89. The highest BCUT2D eigenvalue weighted by molar-refractivity contribution is 7.11. The summed E-state index contributed by atoms with van der Waals surface area (Å²) in [6, 6.07) is 2.03. The molecule has 0 fully saturated rings. The van der Waals surface area contributed by atoms with E-state index in [1.165, 1.54) is 4.88 Å². The number of aromatic nitrogens is 2. The first-order valence-electron chi connectivity index (χ1n) is 5.62. The topological polar surface area (TPSA) is 49.8 Å². The first-order valence-corrected chi connectivity index (χ1v) is 6.43. The van der Waals surface area contributed by atoms with Crippen molar-refractivity contribution in [3.05, 3.63) is 34.5 Å². The molecule has 2 rings (SSSR count).